The summed E-state index contributed by atoms with van der Waals surface area (Å²) >= 11 is 0. The SMILES string of the molecule is CCCCCCCCC(OP(=O)(OC)OC)C(O)CCCCCCCC(=O)OC. The molecule has 0 aromatic carbocycles. The zero-order valence-electron chi connectivity index (χ0n) is 18.9. The Morgan fingerprint density at radius 3 is 1.90 bits per heavy atom. The Hall–Kier alpha value is -0.460. The minimum atomic E-state index is -3.63. The van der Waals surface area contributed by atoms with Crippen LogP contribution >= 0.6 is 7.82 Å². The van der Waals surface area contributed by atoms with Gasteiger partial charge in [0.05, 0.1) is 19.3 Å². The molecule has 0 fully saturated rings. The maximum atomic E-state index is 12.4. The number of methoxy groups -OCH3 is 1. The first-order valence-electron chi connectivity index (χ1n) is 11.1. The van der Waals surface area contributed by atoms with E-state index in [9.17, 15) is 14.5 Å². The highest BCUT2D eigenvalue weighted by Crippen LogP contribution is 2.49. The van der Waals surface area contributed by atoms with Crippen molar-refractivity contribution in [2.45, 2.75) is 109 Å². The summed E-state index contributed by atoms with van der Waals surface area (Å²) in [4.78, 5) is 11.1. The van der Waals surface area contributed by atoms with Crippen molar-refractivity contribution in [1.29, 1.82) is 0 Å². The van der Waals surface area contributed by atoms with E-state index in [0.717, 1.165) is 51.4 Å². The van der Waals surface area contributed by atoms with Gasteiger partial charge in [0.1, 0.15) is 0 Å². The molecular weight excluding hydrogens is 395 g/mol. The fourth-order valence-corrected chi connectivity index (χ4v) is 4.11. The molecular formula is C21H43O7P. The molecule has 0 saturated heterocycles. The Labute approximate surface area is 177 Å². The molecule has 2 unspecified atom stereocenters. The monoisotopic (exact) mass is 438 g/mol. The Morgan fingerprint density at radius 2 is 1.34 bits per heavy atom. The molecule has 7 nitrogen and oxygen atoms in total. The lowest BCUT2D eigenvalue weighted by atomic mass is 9.99. The maximum Gasteiger partial charge on any atom is 0.474 e. The lowest BCUT2D eigenvalue weighted by Crippen LogP contribution is -2.28. The van der Waals surface area contributed by atoms with Crippen molar-refractivity contribution in [3.8, 4) is 0 Å². The second kappa shape index (κ2) is 18.3. The Balaban J connectivity index is 4.29. The first-order chi connectivity index (χ1) is 13.9. The van der Waals surface area contributed by atoms with Crippen LogP contribution in [-0.2, 0) is 27.7 Å². The van der Waals surface area contributed by atoms with Crippen molar-refractivity contribution in [3.05, 3.63) is 0 Å². The Bertz CT molecular complexity index is 437. The van der Waals surface area contributed by atoms with Crippen LogP contribution in [0.3, 0.4) is 0 Å². The van der Waals surface area contributed by atoms with Crippen LogP contribution in [-0.4, -0.2) is 44.6 Å². The Kier molecular flexibility index (Phi) is 18.0. The summed E-state index contributed by atoms with van der Waals surface area (Å²) < 4.78 is 32.3. The number of phosphoric ester groups is 1. The van der Waals surface area contributed by atoms with Gasteiger partial charge < -0.3 is 9.84 Å². The number of hydrogen-bond donors (Lipinski definition) is 1. The van der Waals surface area contributed by atoms with E-state index >= 15 is 0 Å². The van der Waals surface area contributed by atoms with Gasteiger partial charge in [0.25, 0.3) is 0 Å². The van der Waals surface area contributed by atoms with E-state index in [-0.39, 0.29) is 5.97 Å². The minimum absolute atomic E-state index is 0.171. The van der Waals surface area contributed by atoms with Gasteiger partial charge in [-0.2, -0.15) is 0 Å². The number of unbranched alkanes of at least 4 members (excludes halogenated alkanes) is 9. The van der Waals surface area contributed by atoms with Gasteiger partial charge >= 0.3 is 13.8 Å². The Morgan fingerprint density at radius 1 is 0.828 bits per heavy atom. The highest BCUT2D eigenvalue weighted by molar-refractivity contribution is 7.48. The predicted molar refractivity (Wildman–Crippen MR) is 115 cm³/mol. The van der Waals surface area contributed by atoms with Crippen LogP contribution in [0.15, 0.2) is 0 Å². The second-order valence-electron chi connectivity index (χ2n) is 7.46. The van der Waals surface area contributed by atoms with Gasteiger partial charge in [-0.3, -0.25) is 18.4 Å². The van der Waals surface area contributed by atoms with E-state index in [0.29, 0.717) is 19.3 Å². The van der Waals surface area contributed by atoms with Gasteiger partial charge in [-0.1, -0.05) is 71.1 Å². The van der Waals surface area contributed by atoms with E-state index in [1.165, 1.54) is 40.6 Å². The second-order valence-corrected chi connectivity index (χ2v) is 9.30. The molecule has 1 N–H and O–H groups in total. The summed E-state index contributed by atoms with van der Waals surface area (Å²) in [6.07, 6.45) is 11.8. The smallest absolute Gasteiger partial charge is 0.469 e. The largest absolute Gasteiger partial charge is 0.474 e. The topological polar surface area (TPSA) is 91.3 Å². The minimum Gasteiger partial charge on any atom is -0.469 e. The normalized spacial score (nSPS) is 14.0. The van der Waals surface area contributed by atoms with Crippen LogP contribution in [0.4, 0.5) is 0 Å². The molecule has 0 radical (unpaired) electrons. The van der Waals surface area contributed by atoms with Gasteiger partial charge in [-0.15, -0.1) is 0 Å². The lowest BCUT2D eigenvalue weighted by Gasteiger charge is -2.26. The van der Waals surface area contributed by atoms with Crippen molar-refractivity contribution in [1.82, 2.24) is 0 Å². The van der Waals surface area contributed by atoms with Crippen molar-refractivity contribution in [2.24, 2.45) is 0 Å². The van der Waals surface area contributed by atoms with Crippen LogP contribution in [0.2, 0.25) is 0 Å². The molecule has 8 heteroatoms. The molecule has 0 amide bonds. The summed E-state index contributed by atoms with van der Waals surface area (Å²) in [5.41, 5.74) is 0. The van der Waals surface area contributed by atoms with Gasteiger partial charge in [0, 0.05) is 20.6 Å². The molecule has 0 aliphatic carbocycles. The van der Waals surface area contributed by atoms with Crippen molar-refractivity contribution in [2.75, 3.05) is 21.3 Å². The first-order valence-corrected chi connectivity index (χ1v) is 12.5. The van der Waals surface area contributed by atoms with E-state index in [1.54, 1.807) is 0 Å². The lowest BCUT2D eigenvalue weighted by molar-refractivity contribution is -0.140. The number of hydrogen-bond acceptors (Lipinski definition) is 7. The average Bonchev–Trinajstić information content (AvgIpc) is 2.73. The van der Waals surface area contributed by atoms with Crippen molar-refractivity contribution < 1.29 is 32.8 Å². The third kappa shape index (κ3) is 15.1. The van der Waals surface area contributed by atoms with Crippen LogP contribution in [0.25, 0.3) is 0 Å². The highest BCUT2D eigenvalue weighted by Gasteiger charge is 2.31. The van der Waals surface area contributed by atoms with Gasteiger partial charge in [0.15, 0.2) is 0 Å². The van der Waals surface area contributed by atoms with Gasteiger partial charge in [-0.05, 0) is 19.3 Å². The van der Waals surface area contributed by atoms with Crippen LogP contribution in [0.5, 0.6) is 0 Å². The molecule has 0 aliphatic rings. The molecule has 2 atom stereocenters. The fourth-order valence-electron chi connectivity index (χ4n) is 3.21. The maximum absolute atomic E-state index is 12.4. The van der Waals surface area contributed by atoms with E-state index in [1.807, 2.05) is 0 Å². The van der Waals surface area contributed by atoms with Crippen LogP contribution in [0.1, 0.15) is 96.8 Å². The molecule has 0 aromatic heterocycles. The average molecular weight is 439 g/mol. The van der Waals surface area contributed by atoms with E-state index < -0.39 is 20.0 Å². The summed E-state index contributed by atoms with van der Waals surface area (Å²) in [6.45, 7) is 2.19. The zero-order chi connectivity index (χ0) is 22.0. The van der Waals surface area contributed by atoms with E-state index in [2.05, 4.69) is 11.7 Å². The molecule has 29 heavy (non-hydrogen) atoms. The molecule has 0 saturated carbocycles. The predicted octanol–water partition coefficient (Wildman–Crippen LogP) is 5.79. The molecule has 0 aromatic rings. The number of aliphatic hydroxyl groups is 1. The number of phosphoric acid groups is 1. The number of ether oxygens (including phenoxy) is 1. The summed E-state index contributed by atoms with van der Waals surface area (Å²) in [6, 6.07) is 0. The molecule has 0 spiro atoms. The molecule has 0 aliphatic heterocycles. The summed E-state index contributed by atoms with van der Waals surface area (Å²) in [5.74, 6) is -0.171. The third-order valence-corrected chi connectivity index (χ3v) is 6.51. The number of carbonyl (C=O) groups is 1. The van der Waals surface area contributed by atoms with E-state index in [4.69, 9.17) is 13.6 Å². The zero-order valence-corrected chi connectivity index (χ0v) is 19.8. The first kappa shape index (κ1) is 28.5. The van der Waals surface area contributed by atoms with Gasteiger partial charge in [-0.25, -0.2) is 4.57 Å². The summed E-state index contributed by atoms with van der Waals surface area (Å²) in [7, 11) is 0.344. The molecule has 0 heterocycles. The van der Waals surface area contributed by atoms with Gasteiger partial charge in [0.2, 0.25) is 0 Å². The standard InChI is InChI=1S/C21H43O7P/c1-5-6-7-8-11-14-17-20(28-29(24,26-3)27-4)19(22)16-13-10-9-12-15-18-21(23)25-2/h19-20,22H,5-18H2,1-4H3. The van der Waals surface area contributed by atoms with Crippen molar-refractivity contribution in [3.63, 3.8) is 0 Å². The number of rotatable bonds is 20. The quantitative estimate of drug-likeness (QED) is 0.146. The number of carbonyl (C=O) groups excluding carboxylic acids is 1. The van der Waals surface area contributed by atoms with Crippen LogP contribution < -0.4 is 0 Å². The van der Waals surface area contributed by atoms with Crippen molar-refractivity contribution >= 4 is 13.8 Å². The highest BCUT2D eigenvalue weighted by atomic mass is 31.2. The molecule has 174 valence electrons. The van der Waals surface area contributed by atoms with Crippen LogP contribution in [0, 0.1) is 0 Å². The number of esters is 1. The third-order valence-electron chi connectivity index (χ3n) is 5.09. The molecule has 0 rings (SSSR count). The molecule has 0 bridgehead atoms. The fraction of sp³-hybridized carbons (Fsp3) is 0.952. The number of aliphatic hydroxyl groups excluding tert-OH is 1. The summed E-state index contributed by atoms with van der Waals surface area (Å²) in [5, 5.41) is 10.6.